The molecule has 1 aliphatic heterocycles. The molecule has 1 atom stereocenters. The summed E-state index contributed by atoms with van der Waals surface area (Å²) in [7, 11) is 0. The third-order valence-corrected chi connectivity index (χ3v) is 2.30. The summed E-state index contributed by atoms with van der Waals surface area (Å²) >= 11 is 0. The molecule has 2 heteroatoms. The zero-order chi connectivity index (χ0) is 9.47. The van der Waals surface area contributed by atoms with E-state index >= 15 is 0 Å². The molecule has 0 saturated heterocycles. The maximum Gasteiger partial charge on any atom is 0.146 e. The summed E-state index contributed by atoms with van der Waals surface area (Å²) in [5, 5.41) is 0. The summed E-state index contributed by atoms with van der Waals surface area (Å²) in [6, 6.07) is 5.89. The molecule has 0 radical (unpaired) electrons. The number of aryl methyl sites for hydroxylation is 1. The minimum absolute atomic E-state index is 0.170. The predicted molar refractivity (Wildman–Crippen MR) is 49.9 cm³/mol. The highest BCUT2D eigenvalue weighted by atomic mass is 19.1. The molecule has 70 valence electrons. The number of ether oxygens (including phenoxy) is 1. The number of fused-ring (bicyclic) bond motifs is 1. The van der Waals surface area contributed by atoms with E-state index in [1.54, 1.807) is 6.92 Å². The van der Waals surface area contributed by atoms with Crippen molar-refractivity contribution in [3.8, 4) is 5.75 Å². The van der Waals surface area contributed by atoms with Crippen molar-refractivity contribution in [2.75, 3.05) is 6.61 Å². The maximum atomic E-state index is 13.6. The van der Waals surface area contributed by atoms with Gasteiger partial charge in [0.05, 0.1) is 0 Å². The van der Waals surface area contributed by atoms with Crippen molar-refractivity contribution in [3.05, 3.63) is 29.3 Å². The smallest absolute Gasteiger partial charge is 0.146 e. The highest BCUT2D eigenvalue weighted by Gasteiger charge is 2.30. The van der Waals surface area contributed by atoms with E-state index in [1.165, 1.54) is 0 Å². The van der Waals surface area contributed by atoms with Crippen LogP contribution in [0.1, 0.15) is 18.1 Å². The largest absolute Gasteiger partial charge is 0.490 e. The van der Waals surface area contributed by atoms with Crippen molar-refractivity contribution >= 4 is 0 Å². The molecule has 0 bridgehead atoms. The van der Waals surface area contributed by atoms with Gasteiger partial charge in [-0.2, -0.15) is 0 Å². The number of alkyl halides is 1. The molecular formula is C11H13FO. The molecule has 2 rings (SSSR count). The van der Waals surface area contributed by atoms with E-state index in [0.29, 0.717) is 6.42 Å². The van der Waals surface area contributed by atoms with Crippen molar-refractivity contribution in [1.29, 1.82) is 0 Å². The fraction of sp³-hybridized carbons (Fsp3) is 0.455. The predicted octanol–water partition coefficient (Wildman–Crippen LogP) is 2.66. The first-order valence-corrected chi connectivity index (χ1v) is 4.48. The van der Waals surface area contributed by atoms with E-state index in [1.807, 2.05) is 25.1 Å². The Morgan fingerprint density at radius 2 is 2.23 bits per heavy atom. The van der Waals surface area contributed by atoms with Gasteiger partial charge in [0.15, 0.2) is 0 Å². The number of hydrogen-bond donors (Lipinski definition) is 0. The van der Waals surface area contributed by atoms with Crippen LogP contribution in [-0.4, -0.2) is 12.3 Å². The molecule has 1 nitrogen and oxygen atoms in total. The summed E-state index contributed by atoms with van der Waals surface area (Å²) in [4.78, 5) is 0. The molecule has 0 spiro atoms. The number of rotatable bonds is 0. The van der Waals surface area contributed by atoms with Crippen molar-refractivity contribution in [3.63, 3.8) is 0 Å². The molecule has 0 aliphatic carbocycles. The van der Waals surface area contributed by atoms with Crippen molar-refractivity contribution in [2.24, 2.45) is 0 Å². The molecule has 1 heterocycles. The van der Waals surface area contributed by atoms with Crippen molar-refractivity contribution < 1.29 is 9.13 Å². The van der Waals surface area contributed by atoms with Crippen molar-refractivity contribution in [1.82, 2.24) is 0 Å². The van der Waals surface area contributed by atoms with Gasteiger partial charge in [0.2, 0.25) is 0 Å². The summed E-state index contributed by atoms with van der Waals surface area (Å²) in [5.41, 5.74) is 0.928. The fourth-order valence-electron chi connectivity index (χ4n) is 1.66. The van der Waals surface area contributed by atoms with Crippen LogP contribution in [0.3, 0.4) is 0 Å². The van der Waals surface area contributed by atoms with E-state index in [0.717, 1.165) is 16.9 Å². The van der Waals surface area contributed by atoms with Crippen LogP contribution in [0.5, 0.6) is 5.75 Å². The molecule has 0 aromatic heterocycles. The normalized spacial score (nSPS) is 26.4. The third-order valence-electron chi connectivity index (χ3n) is 2.30. The lowest BCUT2D eigenvalue weighted by Crippen LogP contribution is -2.33. The lowest BCUT2D eigenvalue weighted by molar-refractivity contribution is 0.0844. The van der Waals surface area contributed by atoms with Gasteiger partial charge in [-0.3, -0.25) is 0 Å². The lowest BCUT2D eigenvalue weighted by Gasteiger charge is -2.28. The minimum Gasteiger partial charge on any atom is -0.490 e. The topological polar surface area (TPSA) is 9.23 Å². The summed E-state index contributed by atoms with van der Waals surface area (Å²) in [6.07, 6.45) is 0.462. The van der Waals surface area contributed by atoms with Crippen LogP contribution in [0.4, 0.5) is 4.39 Å². The van der Waals surface area contributed by atoms with Crippen LogP contribution in [0.15, 0.2) is 18.2 Å². The molecule has 0 saturated carbocycles. The van der Waals surface area contributed by atoms with Crippen LogP contribution >= 0.6 is 0 Å². The van der Waals surface area contributed by atoms with Crippen LogP contribution in [0, 0.1) is 6.92 Å². The second-order valence-corrected chi connectivity index (χ2v) is 3.99. The maximum absolute atomic E-state index is 13.6. The van der Waals surface area contributed by atoms with Crippen LogP contribution in [0.2, 0.25) is 0 Å². The molecule has 1 unspecified atom stereocenters. The van der Waals surface area contributed by atoms with Gasteiger partial charge < -0.3 is 4.74 Å². The first kappa shape index (κ1) is 8.54. The van der Waals surface area contributed by atoms with E-state index in [4.69, 9.17) is 4.74 Å². The van der Waals surface area contributed by atoms with Crippen LogP contribution < -0.4 is 4.74 Å². The van der Waals surface area contributed by atoms with Gasteiger partial charge in [0.1, 0.15) is 18.0 Å². The Hall–Kier alpha value is -1.05. The third kappa shape index (κ3) is 1.67. The second-order valence-electron chi connectivity index (χ2n) is 3.99. The first-order valence-electron chi connectivity index (χ1n) is 4.48. The van der Waals surface area contributed by atoms with Crippen LogP contribution in [-0.2, 0) is 6.42 Å². The average molecular weight is 180 g/mol. The zero-order valence-electron chi connectivity index (χ0n) is 7.93. The highest BCUT2D eigenvalue weighted by Crippen LogP contribution is 2.31. The van der Waals surface area contributed by atoms with E-state index < -0.39 is 5.67 Å². The molecule has 1 aliphatic rings. The van der Waals surface area contributed by atoms with Gasteiger partial charge in [-0.25, -0.2) is 4.39 Å². The van der Waals surface area contributed by atoms with E-state index in [9.17, 15) is 4.39 Å². The molecular weight excluding hydrogens is 167 g/mol. The summed E-state index contributed by atoms with van der Waals surface area (Å²) in [6.45, 7) is 3.76. The fourth-order valence-corrected chi connectivity index (χ4v) is 1.66. The number of halogens is 1. The Morgan fingerprint density at radius 1 is 1.46 bits per heavy atom. The quantitative estimate of drug-likeness (QED) is 0.596. The average Bonchev–Trinajstić information content (AvgIpc) is 2.01. The zero-order valence-corrected chi connectivity index (χ0v) is 7.93. The Morgan fingerprint density at radius 3 is 3.00 bits per heavy atom. The monoisotopic (exact) mass is 180 g/mol. The Kier molecular flexibility index (Phi) is 1.79. The van der Waals surface area contributed by atoms with Gasteiger partial charge >= 0.3 is 0 Å². The summed E-state index contributed by atoms with van der Waals surface area (Å²) < 4.78 is 18.9. The van der Waals surface area contributed by atoms with E-state index in [2.05, 4.69) is 0 Å². The van der Waals surface area contributed by atoms with Crippen LogP contribution in [0.25, 0.3) is 0 Å². The standard InChI is InChI=1S/C11H13FO/c1-8-3-4-10-9(5-8)6-11(2,12)7-13-10/h3-5H,6-7H2,1-2H3. The molecule has 1 aromatic carbocycles. The highest BCUT2D eigenvalue weighted by molar-refractivity contribution is 5.39. The van der Waals surface area contributed by atoms with Gasteiger partial charge in [0.25, 0.3) is 0 Å². The lowest BCUT2D eigenvalue weighted by atomic mass is 9.95. The number of hydrogen-bond acceptors (Lipinski definition) is 1. The Balaban J connectivity index is 2.38. The SMILES string of the molecule is Cc1ccc2c(c1)CC(C)(F)CO2. The molecule has 0 fully saturated rings. The van der Waals surface area contributed by atoms with E-state index in [-0.39, 0.29) is 6.61 Å². The van der Waals surface area contributed by atoms with Crippen molar-refractivity contribution in [2.45, 2.75) is 25.9 Å². The van der Waals surface area contributed by atoms with Gasteiger partial charge in [-0.1, -0.05) is 17.7 Å². The second kappa shape index (κ2) is 2.72. The minimum atomic E-state index is -1.21. The molecule has 1 aromatic rings. The van der Waals surface area contributed by atoms with Gasteiger partial charge in [-0.15, -0.1) is 0 Å². The molecule has 0 amide bonds. The molecule has 13 heavy (non-hydrogen) atoms. The summed E-state index contributed by atoms with van der Waals surface area (Å²) in [5.74, 6) is 0.834. The first-order chi connectivity index (χ1) is 6.07. The van der Waals surface area contributed by atoms with Gasteiger partial charge in [-0.05, 0) is 25.5 Å². The Labute approximate surface area is 77.5 Å². The Bertz CT molecular complexity index is 331. The molecule has 0 N–H and O–H groups in total. The van der Waals surface area contributed by atoms with Gasteiger partial charge in [0, 0.05) is 6.42 Å². The number of benzene rings is 1.